The van der Waals surface area contributed by atoms with Gasteiger partial charge in [0.25, 0.3) is 11.8 Å². The van der Waals surface area contributed by atoms with E-state index in [9.17, 15) is 9.59 Å². The summed E-state index contributed by atoms with van der Waals surface area (Å²) in [7, 11) is 1.47. The molecule has 150 valence electrons. The lowest BCUT2D eigenvalue weighted by Crippen LogP contribution is -2.54. The Morgan fingerprint density at radius 1 is 1.17 bits per heavy atom. The number of rotatable bonds is 5. The average Bonchev–Trinajstić information content (AvgIpc) is 2.68. The molecule has 2 aromatic rings. The van der Waals surface area contributed by atoms with E-state index in [0.717, 1.165) is 0 Å². The highest BCUT2D eigenvalue weighted by atomic mass is 35.5. The van der Waals surface area contributed by atoms with Crippen molar-refractivity contribution in [3.8, 4) is 11.5 Å². The molecule has 0 bridgehead atoms. The van der Waals surface area contributed by atoms with Gasteiger partial charge in [-0.2, -0.15) is 0 Å². The Labute approximate surface area is 183 Å². The van der Waals surface area contributed by atoms with Crippen LogP contribution in [0.3, 0.4) is 0 Å². The molecule has 2 aromatic carbocycles. The molecule has 1 heterocycles. The Balaban J connectivity index is 2.05. The Kier molecular flexibility index (Phi) is 6.42. The smallest absolute Gasteiger partial charge is 0.270 e. The average molecular weight is 451 g/mol. The van der Waals surface area contributed by atoms with Crippen LogP contribution in [0.4, 0.5) is 5.69 Å². The number of anilines is 1. The summed E-state index contributed by atoms with van der Waals surface area (Å²) in [5.41, 5.74) is 0.735. The van der Waals surface area contributed by atoms with Gasteiger partial charge in [-0.05, 0) is 55.0 Å². The van der Waals surface area contributed by atoms with Gasteiger partial charge in [0.1, 0.15) is 5.57 Å². The number of halogens is 2. The number of thiocarbonyl (C=S) groups is 1. The molecule has 0 atom stereocenters. The van der Waals surface area contributed by atoms with Crippen molar-refractivity contribution in [2.75, 3.05) is 18.6 Å². The Morgan fingerprint density at radius 3 is 2.55 bits per heavy atom. The zero-order valence-electron chi connectivity index (χ0n) is 15.5. The van der Waals surface area contributed by atoms with Crippen molar-refractivity contribution in [3.05, 3.63) is 57.6 Å². The summed E-state index contributed by atoms with van der Waals surface area (Å²) in [5.74, 6) is -0.450. The molecule has 1 saturated heterocycles. The summed E-state index contributed by atoms with van der Waals surface area (Å²) in [6, 6.07) is 9.91. The molecule has 0 radical (unpaired) electrons. The Morgan fingerprint density at radius 2 is 1.90 bits per heavy atom. The largest absolute Gasteiger partial charge is 0.493 e. The van der Waals surface area contributed by atoms with Gasteiger partial charge in [-0.3, -0.25) is 19.8 Å². The van der Waals surface area contributed by atoms with E-state index in [4.69, 9.17) is 44.9 Å². The first-order valence-corrected chi connectivity index (χ1v) is 9.70. The Hall–Kier alpha value is -2.61. The van der Waals surface area contributed by atoms with Crippen molar-refractivity contribution in [3.63, 3.8) is 0 Å². The molecular formula is C20H16Cl2N2O4S. The lowest BCUT2D eigenvalue weighted by molar-refractivity contribution is -0.122. The van der Waals surface area contributed by atoms with Crippen LogP contribution in [-0.2, 0) is 9.59 Å². The van der Waals surface area contributed by atoms with Crippen molar-refractivity contribution >= 4 is 64.1 Å². The van der Waals surface area contributed by atoms with E-state index in [2.05, 4.69) is 5.32 Å². The molecule has 9 heteroatoms. The van der Waals surface area contributed by atoms with Crippen LogP contribution >= 0.6 is 35.4 Å². The monoisotopic (exact) mass is 450 g/mol. The summed E-state index contributed by atoms with van der Waals surface area (Å²) in [5, 5.41) is 3.08. The van der Waals surface area contributed by atoms with Crippen molar-refractivity contribution < 1.29 is 19.1 Å². The third kappa shape index (κ3) is 4.22. The van der Waals surface area contributed by atoms with Gasteiger partial charge in [0.2, 0.25) is 0 Å². The number of methoxy groups -OCH3 is 1. The molecule has 1 fully saturated rings. The number of para-hydroxylation sites is 1. The minimum Gasteiger partial charge on any atom is -0.493 e. The fourth-order valence-electron chi connectivity index (χ4n) is 2.78. The number of hydrogen-bond donors (Lipinski definition) is 1. The molecule has 1 aliphatic rings. The highest BCUT2D eigenvalue weighted by molar-refractivity contribution is 7.80. The van der Waals surface area contributed by atoms with Crippen LogP contribution in [0.5, 0.6) is 11.5 Å². The van der Waals surface area contributed by atoms with E-state index in [1.807, 2.05) is 6.92 Å². The summed E-state index contributed by atoms with van der Waals surface area (Å²) < 4.78 is 10.8. The van der Waals surface area contributed by atoms with Crippen LogP contribution in [0.2, 0.25) is 10.0 Å². The van der Waals surface area contributed by atoms with Crippen LogP contribution in [0.25, 0.3) is 6.08 Å². The van der Waals surface area contributed by atoms with E-state index >= 15 is 0 Å². The summed E-state index contributed by atoms with van der Waals surface area (Å²) >= 11 is 17.7. The first kappa shape index (κ1) is 21.1. The van der Waals surface area contributed by atoms with Crippen molar-refractivity contribution in [2.45, 2.75) is 6.92 Å². The number of hydrogen-bond acceptors (Lipinski definition) is 5. The maximum Gasteiger partial charge on any atom is 0.270 e. The second-order valence-electron chi connectivity index (χ2n) is 5.88. The normalized spacial score (nSPS) is 15.5. The molecule has 6 nitrogen and oxygen atoms in total. The van der Waals surface area contributed by atoms with Gasteiger partial charge in [0.05, 0.1) is 29.4 Å². The van der Waals surface area contributed by atoms with Gasteiger partial charge in [0, 0.05) is 0 Å². The van der Waals surface area contributed by atoms with Gasteiger partial charge < -0.3 is 9.47 Å². The van der Waals surface area contributed by atoms with Gasteiger partial charge in [-0.15, -0.1) is 0 Å². The number of carbonyl (C=O) groups is 2. The first-order valence-electron chi connectivity index (χ1n) is 8.53. The lowest BCUT2D eigenvalue weighted by Gasteiger charge is -2.29. The molecule has 2 amide bonds. The summed E-state index contributed by atoms with van der Waals surface area (Å²) in [6.07, 6.45) is 1.41. The topological polar surface area (TPSA) is 67.9 Å². The number of ether oxygens (including phenoxy) is 2. The zero-order valence-corrected chi connectivity index (χ0v) is 17.8. The van der Waals surface area contributed by atoms with Gasteiger partial charge in [0.15, 0.2) is 16.6 Å². The van der Waals surface area contributed by atoms with E-state index < -0.39 is 11.8 Å². The predicted molar refractivity (Wildman–Crippen MR) is 117 cm³/mol. The van der Waals surface area contributed by atoms with E-state index in [1.54, 1.807) is 36.4 Å². The lowest BCUT2D eigenvalue weighted by atomic mass is 10.1. The van der Waals surface area contributed by atoms with Crippen LogP contribution < -0.4 is 19.7 Å². The number of nitrogens with zero attached hydrogens (tertiary/aromatic N) is 1. The SMILES string of the molecule is CCOc1c(Cl)cc(/C=C2\C(=O)NC(=S)N(c3ccccc3Cl)C2=O)cc1OC. The zero-order chi connectivity index (χ0) is 21.1. The molecule has 0 unspecified atom stereocenters. The third-order valence-electron chi connectivity index (χ3n) is 4.05. The quantitative estimate of drug-likeness (QED) is 0.419. The van der Waals surface area contributed by atoms with Crippen molar-refractivity contribution in [2.24, 2.45) is 0 Å². The number of amides is 2. The van der Waals surface area contributed by atoms with E-state index in [1.165, 1.54) is 18.1 Å². The molecule has 3 rings (SSSR count). The molecule has 0 aliphatic carbocycles. The van der Waals surface area contributed by atoms with Gasteiger partial charge in [-0.25, -0.2) is 0 Å². The highest BCUT2D eigenvalue weighted by Crippen LogP contribution is 2.37. The van der Waals surface area contributed by atoms with Gasteiger partial charge >= 0.3 is 0 Å². The van der Waals surface area contributed by atoms with E-state index in [-0.39, 0.29) is 10.7 Å². The highest BCUT2D eigenvalue weighted by Gasteiger charge is 2.35. The molecule has 0 saturated carbocycles. The molecule has 1 N–H and O–H groups in total. The Bertz CT molecular complexity index is 1040. The van der Waals surface area contributed by atoms with Crippen molar-refractivity contribution in [1.82, 2.24) is 5.32 Å². The number of benzene rings is 2. The van der Waals surface area contributed by atoms with Crippen LogP contribution in [0.15, 0.2) is 42.0 Å². The predicted octanol–water partition coefficient (Wildman–Crippen LogP) is 4.23. The minimum absolute atomic E-state index is 0.0486. The second kappa shape index (κ2) is 8.82. The minimum atomic E-state index is -0.618. The maximum atomic E-state index is 13.1. The molecule has 29 heavy (non-hydrogen) atoms. The molecule has 0 aromatic heterocycles. The third-order valence-corrected chi connectivity index (χ3v) is 4.93. The fraction of sp³-hybridized carbons (Fsp3) is 0.150. The van der Waals surface area contributed by atoms with Crippen LogP contribution in [0.1, 0.15) is 12.5 Å². The van der Waals surface area contributed by atoms with Gasteiger partial charge in [-0.1, -0.05) is 35.3 Å². The molecule has 0 spiro atoms. The standard InChI is InChI=1S/C20H16Cl2N2O4S/c1-3-28-17-14(22)9-11(10-16(17)27-2)8-12-18(25)23-20(29)24(19(12)26)15-7-5-4-6-13(15)21/h4-10H,3H2,1-2H3,(H,23,25,29)/b12-8+. The maximum absolute atomic E-state index is 13.1. The summed E-state index contributed by atoms with van der Waals surface area (Å²) in [6.45, 7) is 2.23. The van der Waals surface area contributed by atoms with Crippen LogP contribution in [-0.4, -0.2) is 30.6 Å². The molecule has 1 aliphatic heterocycles. The number of carbonyl (C=O) groups excluding carboxylic acids is 2. The number of nitrogens with one attached hydrogen (secondary N) is 1. The first-order chi connectivity index (χ1) is 13.9. The van der Waals surface area contributed by atoms with Crippen molar-refractivity contribution in [1.29, 1.82) is 0 Å². The van der Waals surface area contributed by atoms with E-state index in [0.29, 0.717) is 39.4 Å². The van der Waals surface area contributed by atoms with Crippen LogP contribution in [0, 0.1) is 0 Å². The second-order valence-corrected chi connectivity index (χ2v) is 7.08. The summed E-state index contributed by atoms with van der Waals surface area (Å²) in [4.78, 5) is 26.7. The molecular weight excluding hydrogens is 435 g/mol. The fourth-order valence-corrected chi connectivity index (χ4v) is 3.55.